The third-order valence-electron chi connectivity index (χ3n) is 1.21. The smallest absolute Gasteiger partial charge is 0.354 e. The van der Waals surface area contributed by atoms with E-state index < -0.39 is 4.92 Å². The molecule has 0 atom stereocenters. The van der Waals surface area contributed by atoms with Gasteiger partial charge in [-0.15, -0.1) is 3.97 Å². The van der Waals surface area contributed by atoms with Crippen LogP contribution in [0, 0.1) is 10.1 Å². The van der Waals surface area contributed by atoms with Crippen LogP contribution in [-0.4, -0.2) is 19.6 Å². The van der Waals surface area contributed by atoms with Crippen LogP contribution in [0.25, 0.3) is 0 Å². The van der Waals surface area contributed by atoms with Crippen LogP contribution in [0.2, 0.25) is 0 Å². The van der Waals surface area contributed by atoms with Crippen molar-refractivity contribution in [3.63, 3.8) is 0 Å². The highest BCUT2D eigenvalue weighted by molar-refractivity contribution is 7.97. The fourth-order valence-electron chi connectivity index (χ4n) is 0.693. The molecule has 66 valence electrons. The van der Waals surface area contributed by atoms with E-state index in [1.165, 1.54) is 28.4 Å². The van der Waals surface area contributed by atoms with E-state index in [4.69, 9.17) is 0 Å². The van der Waals surface area contributed by atoms with Crippen molar-refractivity contribution < 1.29 is 4.92 Å². The highest BCUT2D eigenvalue weighted by Gasteiger charge is 2.12. The lowest BCUT2D eigenvalue weighted by atomic mass is 10.6. The van der Waals surface area contributed by atoms with Gasteiger partial charge in [0, 0.05) is 5.75 Å². The molecule has 0 aliphatic rings. The minimum Gasteiger partial charge on any atom is -0.358 e. The largest absolute Gasteiger partial charge is 0.358 e. The Kier molecular flexibility index (Phi) is 3.09. The van der Waals surface area contributed by atoms with Crippen LogP contribution in [0.4, 0.5) is 5.82 Å². The van der Waals surface area contributed by atoms with E-state index in [-0.39, 0.29) is 5.82 Å². The van der Waals surface area contributed by atoms with Crippen molar-refractivity contribution in [1.29, 1.82) is 0 Å². The maximum absolute atomic E-state index is 10.4. The SMILES string of the molecule is CCCSn1cncc1[N+](=O)[O-]. The Morgan fingerprint density at radius 2 is 2.58 bits per heavy atom. The van der Waals surface area contributed by atoms with Crippen molar-refractivity contribution >= 4 is 17.8 Å². The van der Waals surface area contributed by atoms with E-state index in [0.29, 0.717) is 0 Å². The first-order valence-corrected chi connectivity index (χ1v) is 4.50. The van der Waals surface area contributed by atoms with E-state index in [1.807, 2.05) is 6.92 Å². The molecule has 0 spiro atoms. The van der Waals surface area contributed by atoms with Crippen LogP contribution < -0.4 is 0 Å². The average Bonchev–Trinajstić information content (AvgIpc) is 2.48. The Labute approximate surface area is 74.1 Å². The first kappa shape index (κ1) is 9.05. The molecule has 0 N–H and O–H groups in total. The second-order valence-corrected chi connectivity index (χ2v) is 3.23. The number of hydrogen-bond donors (Lipinski definition) is 0. The average molecular weight is 187 g/mol. The molecule has 1 aromatic rings. The van der Waals surface area contributed by atoms with Crippen LogP contribution in [0.3, 0.4) is 0 Å². The molecule has 1 rings (SSSR count). The lowest BCUT2D eigenvalue weighted by Crippen LogP contribution is -1.95. The Bertz CT molecular complexity index is 274. The van der Waals surface area contributed by atoms with Crippen molar-refractivity contribution in [2.24, 2.45) is 0 Å². The van der Waals surface area contributed by atoms with Crippen LogP contribution in [0.1, 0.15) is 13.3 Å². The van der Waals surface area contributed by atoms with Crippen LogP contribution in [0.5, 0.6) is 0 Å². The Morgan fingerprint density at radius 1 is 1.83 bits per heavy atom. The van der Waals surface area contributed by atoms with Gasteiger partial charge in [0.05, 0.1) is 11.9 Å². The molecule has 0 aliphatic heterocycles. The number of aromatic nitrogens is 2. The molecule has 6 heteroatoms. The summed E-state index contributed by atoms with van der Waals surface area (Å²) in [6.45, 7) is 2.02. The van der Waals surface area contributed by atoms with E-state index in [1.54, 1.807) is 0 Å². The molecule has 0 fully saturated rings. The second kappa shape index (κ2) is 4.10. The van der Waals surface area contributed by atoms with Gasteiger partial charge in [-0.1, -0.05) is 6.92 Å². The van der Waals surface area contributed by atoms with Gasteiger partial charge in [-0.05, 0) is 11.3 Å². The minimum atomic E-state index is -0.435. The van der Waals surface area contributed by atoms with Gasteiger partial charge in [0.1, 0.15) is 6.20 Å². The molecule has 0 unspecified atom stereocenters. The lowest BCUT2D eigenvalue weighted by Gasteiger charge is -1.95. The molecule has 0 saturated heterocycles. The van der Waals surface area contributed by atoms with E-state index in [2.05, 4.69) is 4.98 Å². The monoisotopic (exact) mass is 187 g/mol. The number of hydrogen-bond acceptors (Lipinski definition) is 4. The first-order valence-electron chi connectivity index (χ1n) is 3.55. The topological polar surface area (TPSA) is 61.0 Å². The molecule has 0 amide bonds. The summed E-state index contributed by atoms with van der Waals surface area (Å²) < 4.78 is 1.48. The molecule has 0 aliphatic carbocycles. The highest BCUT2D eigenvalue weighted by atomic mass is 32.2. The Balaban J connectivity index is 2.70. The molecule has 1 heterocycles. The van der Waals surface area contributed by atoms with Crippen LogP contribution in [-0.2, 0) is 0 Å². The molecular formula is C6H9N3O2S. The molecule has 1 aromatic heterocycles. The molecule has 0 aromatic carbocycles. The maximum atomic E-state index is 10.4. The molecule has 0 bridgehead atoms. The zero-order chi connectivity index (χ0) is 8.97. The summed E-state index contributed by atoms with van der Waals surface area (Å²) in [5.41, 5.74) is 0. The summed E-state index contributed by atoms with van der Waals surface area (Å²) in [6.07, 6.45) is 3.70. The van der Waals surface area contributed by atoms with E-state index >= 15 is 0 Å². The van der Waals surface area contributed by atoms with Gasteiger partial charge in [-0.3, -0.25) is 0 Å². The van der Waals surface area contributed by atoms with Gasteiger partial charge in [0.2, 0.25) is 0 Å². The summed E-state index contributed by atoms with van der Waals surface area (Å²) >= 11 is 1.39. The summed E-state index contributed by atoms with van der Waals surface area (Å²) in [6, 6.07) is 0. The second-order valence-electron chi connectivity index (χ2n) is 2.17. The van der Waals surface area contributed by atoms with Crippen LogP contribution in [0.15, 0.2) is 12.5 Å². The normalized spacial score (nSPS) is 10.1. The van der Waals surface area contributed by atoms with Crippen molar-refractivity contribution in [1.82, 2.24) is 8.96 Å². The molecular weight excluding hydrogens is 178 g/mol. The number of nitrogens with zero attached hydrogens (tertiary/aromatic N) is 3. The van der Waals surface area contributed by atoms with Crippen molar-refractivity contribution in [3.05, 3.63) is 22.6 Å². The lowest BCUT2D eigenvalue weighted by molar-refractivity contribution is -0.390. The summed E-state index contributed by atoms with van der Waals surface area (Å²) in [5, 5.41) is 10.4. The van der Waals surface area contributed by atoms with Gasteiger partial charge in [0.15, 0.2) is 6.33 Å². The van der Waals surface area contributed by atoms with Crippen molar-refractivity contribution in [3.8, 4) is 0 Å². The molecule has 0 radical (unpaired) electrons. The third kappa shape index (κ3) is 1.97. The zero-order valence-electron chi connectivity index (χ0n) is 6.64. The fraction of sp³-hybridized carbons (Fsp3) is 0.500. The van der Waals surface area contributed by atoms with Crippen molar-refractivity contribution in [2.75, 3.05) is 5.75 Å². The van der Waals surface area contributed by atoms with E-state index in [0.717, 1.165) is 12.2 Å². The summed E-state index contributed by atoms with van der Waals surface area (Å²) in [7, 11) is 0. The number of rotatable bonds is 4. The summed E-state index contributed by atoms with van der Waals surface area (Å²) in [5.74, 6) is 0.894. The van der Waals surface area contributed by atoms with Gasteiger partial charge in [-0.2, -0.15) is 0 Å². The Morgan fingerprint density at radius 3 is 3.17 bits per heavy atom. The quantitative estimate of drug-likeness (QED) is 0.531. The zero-order valence-corrected chi connectivity index (χ0v) is 7.45. The van der Waals surface area contributed by atoms with Gasteiger partial charge in [-0.25, -0.2) is 4.98 Å². The van der Waals surface area contributed by atoms with E-state index in [9.17, 15) is 10.1 Å². The molecule has 12 heavy (non-hydrogen) atoms. The standard InChI is InChI=1S/C6H9N3O2S/c1-2-3-12-8-5-7-4-6(8)9(10)11/h4-5H,2-3H2,1H3. The Hall–Kier alpha value is -1.04. The van der Waals surface area contributed by atoms with Gasteiger partial charge >= 0.3 is 5.82 Å². The van der Waals surface area contributed by atoms with Crippen molar-refractivity contribution in [2.45, 2.75) is 13.3 Å². The number of nitro groups is 1. The predicted molar refractivity (Wildman–Crippen MR) is 47.0 cm³/mol. The summed E-state index contributed by atoms with van der Waals surface area (Å²) in [4.78, 5) is 13.6. The highest BCUT2D eigenvalue weighted by Crippen LogP contribution is 2.17. The molecule has 0 saturated carbocycles. The third-order valence-corrected chi connectivity index (χ3v) is 2.36. The molecule has 5 nitrogen and oxygen atoms in total. The van der Waals surface area contributed by atoms with Gasteiger partial charge in [0.25, 0.3) is 0 Å². The fourth-order valence-corrected chi connectivity index (χ4v) is 1.44. The first-order chi connectivity index (χ1) is 5.75. The predicted octanol–water partition coefficient (Wildman–Crippen LogP) is 1.70. The van der Waals surface area contributed by atoms with Crippen LogP contribution >= 0.6 is 11.9 Å². The van der Waals surface area contributed by atoms with Gasteiger partial charge < -0.3 is 10.1 Å². The maximum Gasteiger partial charge on any atom is 0.354 e. The minimum absolute atomic E-state index is 0.0356. The number of imidazole rings is 1.